The molecule has 11 nitrogen and oxygen atoms in total. The Hall–Kier alpha value is -5.06. The van der Waals surface area contributed by atoms with Crippen molar-refractivity contribution in [3.8, 4) is 33.8 Å². The molecule has 0 bridgehead atoms. The van der Waals surface area contributed by atoms with Gasteiger partial charge in [0, 0.05) is 29.6 Å². The van der Waals surface area contributed by atoms with Gasteiger partial charge in [-0.2, -0.15) is 5.21 Å². The molecular weight excluding hydrogens is 448 g/mol. The predicted octanol–water partition coefficient (Wildman–Crippen LogP) is 3.69. The highest BCUT2D eigenvalue weighted by Gasteiger charge is 2.10. The lowest BCUT2D eigenvalue weighted by atomic mass is 10.0. The summed E-state index contributed by atoms with van der Waals surface area (Å²) < 4.78 is 2.03. The molecule has 0 aliphatic heterocycles. The van der Waals surface area contributed by atoms with Crippen LogP contribution in [-0.4, -0.2) is 54.2 Å². The Balaban J connectivity index is 0.000000917. The Kier molecular flexibility index (Phi) is 7.07. The van der Waals surface area contributed by atoms with E-state index in [9.17, 15) is 4.79 Å². The second kappa shape index (κ2) is 10.7. The normalized spacial score (nSPS) is 10.3. The lowest BCUT2D eigenvalue weighted by molar-refractivity contribution is -0.122. The van der Waals surface area contributed by atoms with E-state index < -0.39 is 0 Å². The molecule has 5 rings (SSSR count). The van der Waals surface area contributed by atoms with E-state index in [1.807, 2.05) is 84.4 Å². The summed E-state index contributed by atoms with van der Waals surface area (Å²) in [5, 5.41) is 26.7. The number of nitrogens with one attached hydrogen (secondary N) is 3. The van der Waals surface area contributed by atoms with Crippen LogP contribution in [0.2, 0.25) is 0 Å². The van der Waals surface area contributed by atoms with E-state index in [2.05, 4.69) is 36.2 Å². The second-order valence-electron chi connectivity index (χ2n) is 7.27. The molecule has 0 saturated heterocycles. The lowest BCUT2D eigenvalue weighted by Gasteiger charge is -2.09. The highest BCUT2D eigenvalue weighted by Crippen LogP contribution is 2.28. The van der Waals surface area contributed by atoms with Gasteiger partial charge in [-0.05, 0) is 53.6 Å². The van der Waals surface area contributed by atoms with E-state index in [0.717, 1.165) is 39.3 Å². The number of fused-ring (bicyclic) bond motifs is 1. The third-order valence-electron chi connectivity index (χ3n) is 5.07. The molecule has 0 aliphatic carbocycles. The SMILES string of the molecule is CCNC(=O)Nc1cccc(-c2cnc3cc(-c4cccc(-c5nn[nH]n5)c4)ccn23)c1.O=CO. The molecule has 4 N–H and O–H groups in total. The third-order valence-corrected chi connectivity index (χ3v) is 5.07. The monoisotopic (exact) mass is 470 g/mol. The van der Waals surface area contributed by atoms with Gasteiger partial charge in [0.15, 0.2) is 0 Å². The smallest absolute Gasteiger partial charge is 0.319 e. The Morgan fingerprint density at radius 1 is 1.06 bits per heavy atom. The average molecular weight is 470 g/mol. The summed E-state index contributed by atoms with van der Waals surface area (Å²) in [5.74, 6) is 0.553. The van der Waals surface area contributed by atoms with Gasteiger partial charge in [-0.25, -0.2) is 9.78 Å². The highest BCUT2D eigenvalue weighted by atomic mass is 16.3. The number of tetrazole rings is 1. The number of imidazole rings is 1. The zero-order valence-corrected chi connectivity index (χ0v) is 18.7. The molecule has 176 valence electrons. The van der Waals surface area contributed by atoms with Crippen LogP contribution in [0.3, 0.4) is 0 Å². The molecule has 0 atom stereocenters. The molecule has 0 spiro atoms. The number of urea groups is 1. The highest BCUT2D eigenvalue weighted by molar-refractivity contribution is 5.90. The van der Waals surface area contributed by atoms with Gasteiger partial charge in [0.2, 0.25) is 5.82 Å². The predicted molar refractivity (Wildman–Crippen MR) is 131 cm³/mol. The van der Waals surface area contributed by atoms with Gasteiger partial charge in [-0.15, -0.1) is 10.2 Å². The number of aromatic amines is 1. The fourth-order valence-corrected chi connectivity index (χ4v) is 3.59. The summed E-state index contributed by atoms with van der Waals surface area (Å²) in [6.07, 6.45) is 3.83. The van der Waals surface area contributed by atoms with Crippen molar-refractivity contribution in [2.45, 2.75) is 6.92 Å². The number of anilines is 1. The quantitative estimate of drug-likeness (QED) is 0.286. The van der Waals surface area contributed by atoms with E-state index in [1.165, 1.54) is 0 Å². The molecule has 0 saturated carbocycles. The van der Waals surface area contributed by atoms with Crippen LogP contribution in [0.4, 0.5) is 10.5 Å². The standard InChI is InChI=1S/C23H20N8O.CH2O2/c1-2-24-23(32)26-19-8-4-6-17(12-19)20-14-25-21-13-16(9-10-31(20)21)15-5-3-7-18(11-15)22-27-29-30-28-22;2-1-3/h3-14H,2H2,1H3,(H2,24,26,32)(H,27,28,29,30);1H,(H,2,3). The van der Waals surface area contributed by atoms with Gasteiger partial charge in [0.1, 0.15) is 5.65 Å². The van der Waals surface area contributed by atoms with Crippen LogP contribution >= 0.6 is 0 Å². The number of H-pyrrole nitrogens is 1. The zero-order chi connectivity index (χ0) is 24.6. The number of amides is 2. The Labute approximate surface area is 199 Å². The summed E-state index contributed by atoms with van der Waals surface area (Å²) in [6, 6.07) is 19.5. The third kappa shape index (κ3) is 5.30. The summed E-state index contributed by atoms with van der Waals surface area (Å²) >= 11 is 0. The number of aromatic nitrogens is 6. The minimum atomic E-state index is -0.250. The summed E-state index contributed by atoms with van der Waals surface area (Å²) in [7, 11) is 0. The number of pyridine rings is 1. The van der Waals surface area contributed by atoms with Crippen molar-refractivity contribution < 1.29 is 14.7 Å². The van der Waals surface area contributed by atoms with Crippen molar-refractivity contribution in [1.29, 1.82) is 0 Å². The molecule has 2 aromatic carbocycles. The van der Waals surface area contributed by atoms with Gasteiger partial charge < -0.3 is 15.7 Å². The molecule has 2 amide bonds. The first kappa shape index (κ1) is 23.1. The van der Waals surface area contributed by atoms with Crippen molar-refractivity contribution in [1.82, 2.24) is 35.3 Å². The molecule has 0 aliphatic rings. The fourth-order valence-electron chi connectivity index (χ4n) is 3.59. The summed E-state index contributed by atoms with van der Waals surface area (Å²) in [6.45, 7) is 2.20. The van der Waals surface area contributed by atoms with E-state index in [-0.39, 0.29) is 12.5 Å². The molecular formula is C24H22N8O3. The lowest BCUT2D eigenvalue weighted by Crippen LogP contribution is -2.28. The number of nitrogens with zero attached hydrogens (tertiary/aromatic N) is 5. The Morgan fingerprint density at radius 3 is 2.57 bits per heavy atom. The number of hydrogen-bond donors (Lipinski definition) is 4. The van der Waals surface area contributed by atoms with Crippen LogP contribution in [0.1, 0.15) is 6.92 Å². The fraction of sp³-hybridized carbons (Fsp3) is 0.0833. The van der Waals surface area contributed by atoms with Crippen LogP contribution in [0.5, 0.6) is 0 Å². The average Bonchev–Trinajstić information content (AvgIpc) is 3.55. The van der Waals surface area contributed by atoms with Gasteiger partial charge in [0.25, 0.3) is 6.47 Å². The van der Waals surface area contributed by atoms with Crippen LogP contribution in [0.15, 0.2) is 73.1 Å². The minimum Gasteiger partial charge on any atom is -0.483 e. The molecule has 5 aromatic rings. The van der Waals surface area contributed by atoms with Crippen LogP contribution in [0.25, 0.3) is 39.4 Å². The molecule has 0 unspecified atom stereocenters. The van der Waals surface area contributed by atoms with Gasteiger partial charge in [-0.3, -0.25) is 9.20 Å². The first-order valence-electron chi connectivity index (χ1n) is 10.7. The van der Waals surface area contributed by atoms with Crippen molar-refractivity contribution in [2.75, 3.05) is 11.9 Å². The molecule has 11 heteroatoms. The van der Waals surface area contributed by atoms with E-state index >= 15 is 0 Å². The molecule has 0 radical (unpaired) electrons. The van der Waals surface area contributed by atoms with Crippen molar-refractivity contribution >= 4 is 23.8 Å². The number of carbonyl (C=O) groups is 2. The van der Waals surface area contributed by atoms with Crippen LogP contribution in [0, 0.1) is 0 Å². The first-order chi connectivity index (χ1) is 17.1. The molecule has 0 fully saturated rings. The molecule has 3 heterocycles. The molecule has 35 heavy (non-hydrogen) atoms. The maximum atomic E-state index is 11.8. The number of hydrogen-bond acceptors (Lipinski definition) is 6. The van der Waals surface area contributed by atoms with Crippen molar-refractivity contribution in [3.05, 3.63) is 73.1 Å². The maximum Gasteiger partial charge on any atom is 0.319 e. The number of benzene rings is 2. The number of carbonyl (C=O) groups excluding carboxylic acids is 1. The zero-order valence-electron chi connectivity index (χ0n) is 18.7. The van der Waals surface area contributed by atoms with E-state index in [1.54, 1.807) is 0 Å². The number of rotatable bonds is 5. The Morgan fingerprint density at radius 2 is 1.80 bits per heavy atom. The largest absolute Gasteiger partial charge is 0.483 e. The van der Waals surface area contributed by atoms with Crippen molar-refractivity contribution in [2.24, 2.45) is 0 Å². The van der Waals surface area contributed by atoms with Crippen molar-refractivity contribution in [3.63, 3.8) is 0 Å². The summed E-state index contributed by atoms with van der Waals surface area (Å²) in [4.78, 5) is 24.8. The van der Waals surface area contributed by atoms with Crippen LogP contribution in [-0.2, 0) is 4.79 Å². The minimum absolute atomic E-state index is 0.226. The van der Waals surface area contributed by atoms with Gasteiger partial charge in [0.05, 0.1) is 11.9 Å². The second-order valence-corrected chi connectivity index (χ2v) is 7.27. The first-order valence-corrected chi connectivity index (χ1v) is 10.7. The topological polar surface area (TPSA) is 150 Å². The van der Waals surface area contributed by atoms with E-state index in [0.29, 0.717) is 12.4 Å². The molecule has 3 aromatic heterocycles. The van der Waals surface area contributed by atoms with Gasteiger partial charge >= 0.3 is 6.03 Å². The van der Waals surface area contributed by atoms with Gasteiger partial charge in [-0.1, -0.05) is 30.3 Å². The van der Waals surface area contributed by atoms with E-state index in [4.69, 9.17) is 9.90 Å². The maximum absolute atomic E-state index is 11.8. The summed E-state index contributed by atoms with van der Waals surface area (Å²) in [5.41, 5.74) is 6.39. The van der Waals surface area contributed by atoms with Crippen LogP contribution < -0.4 is 10.6 Å². The number of carboxylic acid groups (broad SMARTS) is 1. The Bertz CT molecular complexity index is 1450.